The van der Waals surface area contributed by atoms with Gasteiger partial charge in [-0.3, -0.25) is 4.72 Å². The second-order valence-electron chi connectivity index (χ2n) is 7.52. The van der Waals surface area contributed by atoms with E-state index in [-0.39, 0.29) is 18.0 Å². The molecule has 1 heterocycles. The third-order valence-corrected chi connectivity index (χ3v) is 5.47. The number of sulfonamides is 1. The molecule has 31 heavy (non-hydrogen) atoms. The van der Waals surface area contributed by atoms with Gasteiger partial charge in [0, 0.05) is 16.6 Å². The molecule has 0 unspecified atom stereocenters. The zero-order chi connectivity index (χ0) is 22.6. The fourth-order valence-corrected chi connectivity index (χ4v) is 3.66. The number of nitrogens with one attached hydrogen (secondary N) is 1. The van der Waals surface area contributed by atoms with Crippen LogP contribution in [0.25, 0.3) is 0 Å². The summed E-state index contributed by atoms with van der Waals surface area (Å²) in [4.78, 5) is 8.01. The van der Waals surface area contributed by atoms with Gasteiger partial charge in [0.15, 0.2) is 0 Å². The van der Waals surface area contributed by atoms with Gasteiger partial charge in [0.1, 0.15) is 12.4 Å². The largest absolute Gasteiger partial charge is 0.487 e. The average molecular weight is 457 g/mol. The van der Waals surface area contributed by atoms with Crippen molar-refractivity contribution in [3.63, 3.8) is 0 Å². The first-order valence-electron chi connectivity index (χ1n) is 9.31. The summed E-state index contributed by atoms with van der Waals surface area (Å²) in [5.74, 6) is 0.638. The lowest BCUT2D eigenvalue weighted by Gasteiger charge is -2.26. The van der Waals surface area contributed by atoms with Crippen LogP contribution in [0.15, 0.2) is 54.7 Å². The first-order valence-corrected chi connectivity index (χ1v) is 11.6. The van der Waals surface area contributed by atoms with Gasteiger partial charge >= 0.3 is 0 Å². The second kappa shape index (κ2) is 8.92. The third-order valence-electron chi connectivity index (χ3n) is 4.70. The van der Waals surface area contributed by atoms with E-state index < -0.39 is 10.0 Å². The Balaban J connectivity index is 1.73. The van der Waals surface area contributed by atoms with E-state index in [1.165, 1.54) is 6.20 Å². The Labute approximate surface area is 186 Å². The van der Waals surface area contributed by atoms with Crippen molar-refractivity contribution in [2.24, 2.45) is 0 Å². The highest BCUT2D eigenvalue weighted by Gasteiger charge is 2.24. The molecule has 7 nitrogen and oxygen atoms in total. The molecule has 2 aromatic carbocycles. The van der Waals surface area contributed by atoms with Gasteiger partial charge in [0.25, 0.3) is 0 Å². The van der Waals surface area contributed by atoms with Crippen LogP contribution in [0.3, 0.4) is 0 Å². The number of ether oxygens (including phenoxy) is 1. The summed E-state index contributed by atoms with van der Waals surface area (Å²) in [5, 5.41) is 9.74. The summed E-state index contributed by atoms with van der Waals surface area (Å²) < 4.78 is 30.6. The number of hydrogen-bond acceptors (Lipinski definition) is 6. The van der Waals surface area contributed by atoms with Crippen LogP contribution in [0.4, 0.5) is 5.95 Å². The molecule has 0 spiro atoms. The number of aromatic nitrogens is 2. The van der Waals surface area contributed by atoms with Crippen LogP contribution >= 0.6 is 11.6 Å². The van der Waals surface area contributed by atoms with Crippen LogP contribution in [0, 0.1) is 11.3 Å². The lowest BCUT2D eigenvalue weighted by molar-refractivity contribution is 0.301. The van der Waals surface area contributed by atoms with Crippen LogP contribution in [0.5, 0.6) is 5.75 Å². The molecule has 1 aromatic heterocycles. The van der Waals surface area contributed by atoms with Crippen LogP contribution in [0.1, 0.15) is 36.2 Å². The minimum Gasteiger partial charge on any atom is -0.487 e. The Morgan fingerprint density at radius 2 is 1.84 bits per heavy atom. The minimum absolute atomic E-state index is 0.000965. The molecule has 9 heteroatoms. The van der Waals surface area contributed by atoms with Gasteiger partial charge in [-0.2, -0.15) is 5.26 Å². The van der Waals surface area contributed by atoms with Crippen molar-refractivity contribution in [2.45, 2.75) is 25.9 Å². The van der Waals surface area contributed by atoms with E-state index in [1.807, 2.05) is 36.4 Å². The Morgan fingerprint density at radius 3 is 2.48 bits per heavy atom. The highest BCUT2D eigenvalue weighted by Crippen LogP contribution is 2.34. The van der Waals surface area contributed by atoms with Crippen molar-refractivity contribution in [2.75, 3.05) is 11.0 Å². The fraction of sp³-hybridized carbons (Fsp3) is 0.227. The van der Waals surface area contributed by atoms with Crippen molar-refractivity contribution in [1.29, 1.82) is 5.26 Å². The summed E-state index contributed by atoms with van der Waals surface area (Å²) in [6, 6.07) is 16.7. The SMILES string of the molecule is CC(C)(c1ccc(OCc2ccnc(NS(C)(=O)=O)n2)cc1)c1cc(Cl)cc(C#N)c1. The zero-order valence-corrected chi connectivity index (χ0v) is 18.8. The summed E-state index contributed by atoms with van der Waals surface area (Å²) in [6.07, 6.45) is 2.50. The normalized spacial score (nSPS) is 11.6. The molecular weight excluding hydrogens is 436 g/mol. The third kappa shape index (κ3) is 5.94. The molecule has 0 atom stereocenters. The Kier molecular flexibility index (Phi) is 6.48. The number of rotatable bonds is 7. The standard InChI is InChI=1S/C22H21ClN4O3S/c1-22(2,17-10-15(13-24)11-18(23)12-17)16-4-6-20(7-5-16)30-14-19-8-9-25-21(26-19)27-31(3,28)29/h4-12H,14H2,1-3H3,(H,25,26,27). The highest BCUT2D eigenvalue weighted by atomic mass is 35.5. The zero-order valence-electron chi connectivity index (χ0n) is 17.3. The van der Waals surface area contributed by atoms with Crippen molar-refractivity contribution in [3.05, 3.63) is 82.1 Å². The Morgan fingerprint density at radius 1 is 1.13 bits per heavy atom. The van der Waals surface area contributed by atoms with Gasteiger partial charge in [-0.1, -0.05) is 37.6 Å². The van der Waals surface area contributed by atoms with Crippen molar-refractivity contribution in [1.82, 2.24) is 9.97 Å². The Hall–Kier alpha value is -3.15. The maximum absolute atomic E-state index is 11.3. The second-order valence-corrected chi connectivity index (χ2v) is 9.71. The van der Waals surface area contributed by atoms with E-state index in [0.717, 1.165) is 17.4 Å². The van der Waals surface area contributed by atoms with Gasteiger partial charge in [-0.05, 0) is 47.5 Å². The first kappa shape index (κ1) is 22.5. The minimum atomic E-state index is -3.45. The average Bonchev–Trinajstić information content (AvgIpc) is 2.71. The molecule has 0 radical (unpaired) electrons. The first-order chi connectivity index (χ1) is 14.6. The van der Waals surface area contributed by atoms with Crippen molar-refractivity contribution in [3.8, 4) is 11.8 Å². The van der Waals surface area contributed by atoms with Crippen LogP contribution < -0.4 is 9.46 Å². The maximum Gasteiger partial charge on any atom is 0.236 e. The maximum atomic E-state index is 11.3. The molecule has 0 saturated carbocycles. The van der Waals surface area contributed by atoms with Gasteiger partial charge in [-0.25, -0.2) is 18.4 Å². The predicted octanol–water partition coefficient (Wildman–Crippen LogP) is 4.28. The van der Waals surface area contributed by atoms with Crippen LogP contribution in [-0.2, 0) is 22.0 Å². The number of halogens is 1. The lowest BCUT2D eigenvalue weighted by Crippen LogP contribution is -2.19. The van der Waals surface area contributed by atoms with E-state index in [2.05, 4.69) is 34.6 Å². The molecule has 0 fully saturated rings. The van der Waals surface area contributed by atoms with E-state index in [4.69, 9.17) is 16.3 Å². The Bertz CT molecular complexity index is 1240. The highest BCUT2D eigenvalue weighted by molar-refractivity contribution is 7.91. The van der Waals surface area contributed by atoms with E-state index >= 15 is 0 Å². The summed E-state index contributed by atoms with van der Waals surface area (Å²) in [6.45, 7) is 4.28. The molecule has 160 valence electrons. The van der Waals surface area contributed by atoms with Crippen molar-refractivity contribution < 1.29 is 13.2 Å². The molecule has 0 aliphatic carbocycles. The van der Waals surface area contributed by atoms with Gasteiger partial charge in [0.2, 0.25) is 16.0 Å². The smallest absolute Gasteiger partial charge is 0.236 e. The van der Waals surface area contributed by atoms with Crippen LogP contribution in [-0.4, -0.2) is 24.6 Å². The molecule has 0 amide bonds. The van der Waals surface area contributed by atoms with E-state index in [0.29, 0.717) is 22.0 Å². The molecule has 3 rings (SSSR count). The quantitative estimate of drug-likeness (QED) is 0.568. The van der Waals surface area contributed by atoms with Gasteiger partial charge < -0.3 is 4.74 Å². The number of nitrogens with zero attached hydrogens (tertiary/aromatic N) is 3. The molecular formula is C22H21ClN4O3S. The van der Waals surface area contributed by atoms with Gasteiger partial charge in [0.05, 0.1) is 23.6 Å². The van der Waals surface area contributed by atoms with E-state index in [1.54, 1.807) is 12.1 Å². The number of anilines is 1. The molecule has 3 aromatic rings. The summed E-state index contributed by atoms with van der Waals surface area (Å²) >= 11 is 6.17. The van der Waals surface area contributed by atoms with Crippen molar-refractivity contribution >= 4 is 27.6 Å². The summed E-state index contributed by atoms with van der Waals surface area (Å²) in [5.41, 5.74) is 2.66. The van der Waals surface area contributed by atoms with E-state index in [9.17, 15) is 13.7 Å². The van der Waals surface area contributed by atoms with Gasteiger partial charge in [-0.15, -0.1) is 0 Å². The molecule has 0 aliphatic heterocycles. The topological polar surface area (TPSA) is 105 Å². The van der Waals surface area contributed by atoms with Crippen LogP contribution in [0.2, 0.25) is 5.02 Å². The summed E-state index contributed by atoms with van der Waals surface area (Å²) in [7, 11) is -3.45. The molecule has 0 saturated heterocycles. The fourth-order valence-electron chi connectivity index (χ4n) is 3.00. The number of hydrogen-bond donors (Lipinski definition) is 1. The number of nitriles is 1. The lowest BCUT2D eigenvalue weighted by atomic mass is 9.78. The molecule has 0 aliphatic rings. The predicted molar refractivity (Wildman–Crippen MR) is 120 cm³/mol. The number of benzene rings is 2. The molecule has 0 bridgehead atoms. The monoisotopic (exact) mass is 456 g/mol. The molecule has 1 N–H and O–H groups in total.